The van der Waals surface area contributed by atoms with Crippen molar-refractivity contribution >= 4 is 0 Å². The SMILES string of the molecule is CCCCCCCCCCN.NO. The minimum atomic E-state index is 0.870. The summed E-state index contributed by atoms with van der Waals surface area (Å²) in [6.45, 7) is 3.13. The van der Waals surface area contributed by atoms with E-state index in [0.29, 0.717) is 0 Å². The van der Waals surface area contributed by atoms with Crippen LogP contribution in [0.25, 0.3) is 0 Å². The van der Waals surface area contributed by atoms with Gasteiger partial charge in [-0.2, -0.15) is 0 Å². The predicted octanol–water partition coefficient (Wildman–Crippen LogP) is 2.42. The average molecular weight is 190 g/mol. The van der Waals surface area contributed by atoms with E-state index in [0.717, 1.165) is 6.54 Å². The summed E-state index contributed by atoms with van der Waals surface area (Å²) in [5, 5.41) is 6.50. The van der Waals surface area contributed by atoms with Gasteiger partial charge in [-0.3, -0.25) is 0 Å². The van der Waals surface area contributed by atoms with E-state index in [-0.39, 0.29) is 0 Å². The third kappa shape index (κ3) is 18.7. The Morgan fingerprint density at radius 2 is 1.15 bits per heavy atom. The maximum Gasteiger partial charge on any atom is -0.00773 e. The van der Waals surface area contributed by atoms with Gasteiger partial charge in [-0.15, -0.1) is 0 Å². The van der Waals surface area contributed by atoms with Crippen LogP contribution in [0, 0.1) is 0 Å². The first-order chi connectivity index (χ1) is 6.41. The van der Waals surface area contributed by atoms with E-state index in [1.165, 1.54) is 51.4 Å². The molecule has 0 radical (unpaired) electrons. The van der Waals surface area contributed by atoms with Crippen LogP contribution in [0.3, 0.4) is 0 Å². The number of hydrogen-bond donors (Lipinski definition) is 3. The summed E-state index contributed by atoms with van der Waals surface area (Å²) in [6, 6.07) is 0. The monoisotopic (exact) mass is 190 g/mol. The molecule has 0 aromatic rings. The molecule has 0 spiro atoms. The lowest BCUT2D eigenvalue weighted by molar-refractivity contribution is 0.311. The first kappa shape index (κ1) is 15.4. The molecule has 82 valence electrons. The Hall–Kier alpha value is -0.120. The average Bonchev–Trinajstić information content (AvgIpc) is 2.20. The molecule has 0 fully saturated rings. The molecule has 3 heteroatoms. The molecule has 0 aliphatic rings. The van der Waals surface area contributed by atoms with E-state index < -0.39 is 0 Å². The van der Waals surface area contributed by atoms with Crippen LogP contribution in [0.2, 0.25) is 0 Å². The van der Waals surface area contributed by atoms with Crippen molar-refractivity contribution in [3.63, 3.8) is 0 Å². The van der Waals surface area contributed by atoms with E-state index in [4.69, 9.17) is 10.9 Å². The van der Waals surface area contributed by atoms with Crippen LogP contribution in [-0.4, -0.2) is 11.8 Å². The molecule has 0 aliphatic carbocycles. The van der Waals surface area contributed by atoms with Crippen molar-refractivity contribution in [1.29, 1.82) is 0 Å². The molecule has 0 saturated heterocycles. The van der Waals surface area contributed by atoms with Crippen molar-refractivity contribution in [1.82, 2.24) is 0 Å². The summed E-state index contributed by atoms with van der Waals surface area (Å²) in [5.74, 6) is 3.50. The summed E-state index contributed by atoms with van der Waals surface area (Å²) in [6.07, 6.45) is 11.0. The first-order valence-electron chi connectivity index (χ1n) is 5.37. The van der Waals surface area contributed by atoms with Gasteiger partial charge in [-0.25, -0.2) is 5.90 Å². The smallest absolute Gasteiger partial charge is 0.00773 e. The Morgan fingerprint density at radius 3 is 1.54 bits per heavy atom. The van der Waals surface area contributed by atoms with Gasteiger partial charge in [0.15, 0.2) is 0 Å². The van der Waals surface area contributed by atoms with Gasteiger partial charge < -0.3 is 10.9 Å². The molecule has 13 heavy (non-hydrogen) atoms. The Morgan fingerprint density at radius 1 is 0.769 bits per heavy atom. The lowest BCUT2D eigenvalue weighted by Gasteiger charge is -1.99. The van der Waals surface area contributed by atoms with Crippen LogP contribution in [-0.2, 0) is 0 Å². The second-order valence-corrected chi connectivity index (χ2v) is 3.26. The second-order valence-electron chi connectivity index (χ2n) is 3.26. The fourth-order valence-corrected chi connectivity index (χ4v) is 1.28. The summed E-state index contributed by atoms with van der Waals surface area (Å²) in [7, 11) is 0. The Bertz CT molecular complexity index is 61.9. The van der Waals surface area contributed by atoms with Crippen molar-refractivity contribution in [2.45, 2.75) is 58.3 Å². The highest BCUT2D eigenvalue weighted by atomic mass is 16.4. The molecular weight excluding hydrogens is 164 g/mol. The number of hydrogen-bond acceptors (Lipinski definition) is 3. The quantitative estimate of drug-likeness (QED) is 0.406. The standard InChI is InChI=1S/C10H23N.H3NO/c1-2-3-4-5-6-7-8-9-10-11;1-2/h2-11H2,1H3;2H,1H2. The van der Waals surface area contributed by atoms with E-state index in [9.17, 15) is 0 Å². The van der Waals surface area contributed by atoms with Crippen molar-refractivity contribution < 1.29 is 5.21 Å². The Labute approximate surface area is 82.5 Å². The second kappa shape index (κ2) is 17.8. The first-order valence-corrected chi connectivity index (χ1v) is 5.37. The highest BCUT2D eigenvalue weighted by molar-refractivity contribution is 4.45. The van der Waals surface area contributed by atoms with Gasteiger partial charge in [0.1, 0.15) is 0 Å². The molecule has 0 amide bonds. The van der Waals surface area contributed by atoms with Gasteiger partial charge in [-0.1, -0.05) is 51.9 Å². The van der Waals surface area contributed by atoms with Crippen molar-refractivity contribution in [2.75, 3.05) is 6.54 Å². The van der Waals surface area contributed by atoms with Gasteiger partial charge in [0.05, 0.1) is 0 Å². The highest BCUT2D eigenvalue weighted by Crippen LogP contribution is 2.07. The van der Waals surface area contributed by atoms with E-state index in [2.05, 4.69) is 12.8 Å². The van der Waals surface area contributed by atoms with E-state index in [1.54, 1.807) is 0 Å². The topological polar surface area (TPSA) is 72.3 Å². The van der Waals surface area contributed by atoms with Gasteiger partial charge >= 0.3 is 0 Å². The van der Waals surface area contributed by atoms with Gasteiger partial charge in [0, 0.05) is 0 Å². The molecule has 0 unspecified atom stereocenters. The lowest BCUT2D eigenvalue weighted by Crippen LogP contribution is -1.97. The molecule has 0 bridgehead atoms. The largest absolute Gasteiger partial charge is 0.330 e. The zero-order valence-corrected chi connectivity index (χ0v) is 8.97. The van der Waals surface area contributed by atoms with Crippen molar-refractivity contribution in [3.8, 4) is 0 Å². The minimum absolute atomic E-state index is 0.870. The zero-order chi connectivity index (χ0) is 10.4. The fraction of sp³-hybridized carbons (Fsp3) is 1.00. The van der Waals surface area contributed by atoms with Crippen LogP contribution < -0.4 is 11.6 Å². The van der Waals surface area contributed by atoms with E-state index in [1.807, 2.05) is 0 Å². The fourth-order valence-electron chi connectivity index (χ4n) is 1.28. The maximum atomic E-state index is 6.50. The molecule has 5 N–H and O–H groups in total. The summed E-state index contributed by atoms with van der Waals surface area (Å²) >= 11 is 0. The highest BCUT2D eigenvalue weighted by Gasteiger charge is 1.89. The third-order valence-corrected chi connectivity index (χ3v) is 2.06. The lowest BCUT2D eigenvalue weighted by atomic mass is 10.1. The molecule has 0 atom stereocenters. The minimum Gasteiger partial charge on any atom is -0.330 e. The molecular formula is C10H26N2O. The number of nitrogens with two attached hydrogens (primary N) is 2. The third-order valence-electron chi connectivity index (χ3n) is 2.06. The van der Waals surface area contributed by atoms with E-state index >= 15 is 0 Å². The van der Waals surface area contributed by atoms with Crippen molar-refractivity contribution in [2.24, 2.45) is 11.6 Å². The molecule has 0 aromatic heterocycles. The molecule has 0 aromatic carbocycles. The predicted molar refractivity (Wildman–Crippen MR) is 57.6 cm³/mol. The molecule has 3 nitrogen and oxygen atoms in total. The maximum absolute atomic E-state index is 6.50. The zero-order valence-electron chi connectivity index (χ0n) is 8.97. The van der Waals surface area contributed by atoms with Crippen LogP contribution in [0.5, 0.6) is 0 Å². The summed E-state index contributed by atoms with van der Waals surface area (Å²) in [4.78, 5) is 0. The molecule has 0 saturated carbocycles. The van der Waals surface area contributed by atoms with Crippen LogP contribution in [0.1, 0.15) is 58.3 Å². The van der Waals surface area contributed by atoms with Gasteiger partial charge in [0.25, 0.3) is 0 Å². The Kier molecular flexibility index (Phi) is 21.1. The molecule has 0 aliphatic heterocycles. The summed E-state index contributed by atoms with van der Waals surface area (Å²) < 4.78 is 0. The normalized spacial score (nSPS) is 9.23. The van der Waals surface area contributed by atoms with Gasteiger partial charge in [-0.05, 0) is 13.0 Å². The number of unbranched alkanes of at least 4 members (excludes halogenated alkanes) is 7. The van der Waals surface area contributed by atoms with Gasteiger partial charge in [0.2, 0.25) is 0 Å². The van der Waals surface area contributed by atoms with Crippen LogP contribution >= 0.6 is 0 Å². The van der Waals surface area contributed by atoms with Crippen LogP contribution in [0.15, 0.2) is 0 Å². The number of rotatable bonds is 8. The van der Waals surface area contributed by atoms with Crippen LogP contribution in [0.4, 0.5) is 0 Å². The molecule has 0 heterocycles. The van der Waals surface area contributed by atoms with Crippen molar-refractivity contribution in [3.05, 3.63) is 0 Å². The molecule has 0 rings (SSSR count). The summed E-state index contributed by atoms with van der Waals surface area (Å²) in [5.41, 5.74) is 5.39. The Balaban J connectivity index is 0.